The summed E-state index contributed by atoms with van der Waals surface area (Å²) in [5, 5.41) is 15.8. The first-order valence-electron chi connectivity index (χ1n) is 6.58. The molecule has 100 valence electrons. The number of amides is 1. The van der Waals surface area contributed by atoms with Crippen molar-refractivity contribution in [3.63, 3.8) is 0 Å². The van der Waals surface area contributed by atoms with E-state index in [-0.39, 0.29) is 17.4 Å². The normalized spacial score (nSPS) is 23.2. The van der Waals surface area contributed by atoms with Crippen molar-refractivity contribution in [2.24, 2.45) is 5.41 Å². The predicted molar refractivity (Wildman–Crippen MR) is 68.7 cm³/mol. The van der Waals surface area contributed by atoms with Crippen LogP contribution in [0.25, 0.3) is 0 Å². The molecule has 0 aliphatic carbocycles. The first-order valence-corrected chi connectivity index (χ1v) is 6.58. The van der Waals surface area contributed by atoms with Gasteiger partial charge in [-0.15, -0.1) is 0 Å². The van der Waals surface area contributed by atoms with Crippen LogP contribution in [0.15, 0.2) is 0 Å². The minimum atomic E-state index is -0.456. The van der Waals surface area contributed by atoms with Gasteiger partial charge in [-0.05, 0) is 31.2 Å². The van der Waals surface area contributed by atoms with E-state index in [4.69, 9.17) is 0 Å². The molecule has 0 spiro atoms. The lowest BCUT2D eigenvalue weighted by Crippen LogP contribution is -2.48. The highest BCUT2D eigenvalue weighted by Crippen LogP contribution is 2.20. The van der Waals surface area contributed by atoms with Gasteiger partial charge in [0.15, 0.2) is 0 Å². The molecule has 1 aliphatic heterocycles. The van der Waals surface area contributed by atoms with E-state index < -0.39 is 6.10 Å². The molecule has 0 aromatic carbocycles. The first-order chi connectivity index (χ1) is 7.88. The topological polar surface area (TPSA) is 61.4 Å². The van der Waals surface area contributed by atoms with Crippen molar-refractivity contribution in [2.45, 2.75) is 58.6 Å². The molecule has 1 fully saturated rings. The van der Waals surface area contributed by atoms with Crippen LogP contribution >= 0.6 is 0 Å². The van der Waals surface area contributed by atoms with E-state index >= 15 is 0 Å². The molecule has 1 amide bonds. The molecule has 1 saturated heterocycles. The van der Waals surface area contributed by atoms with Gasteiger partial charge in [-0.2, -0.15) is 0 Å². The van der Waals surface area contributed by atoms with Crippen LogP contribution in [-0.4, -0.2) is 36.2 Å². The zero-order chi connectivity index (χ0) is 12.9. The molecule has 0 radical (unpaired) electrons. The highest BCUT2D eigenvalue weighted by molar-refractivity contribution is 5.81. The number of rotatable bonds is 4. The zero-order valence-electron chi connectivity index (χ0n) is 11.3. The number of carbonyl (C=O) groups excluding carboxylic acids is 1. The molecular weight excluding hydrogens is 216 g/mol. The van der Waals surface area contributed by atoms with Crippen molar-refractivity contribution in [1.29, 1.82) is 0 Å². The van der Waals surface area contributed by atoms with Gasteiger partial charge >= 0.3 is 0 Å². The minimum absolute atomic E-state index is 0.0256. The van der Waals surface area contributed by atoms with Crippen molar-refractivity contribution in [3.8, 4) is 0 Å². The molecule has 2 atom stereocenters. The average molecular weight is 242 g/mol. The van der Waals surface area contributed by atoms with Gasteiger partial charge in [0.05, 0.1) is 12.1 Å². The van der Waals surface area contributed by atoms with Crippen LogP contribution in [0.3, 0.4) is 0 Å². The van der Waals surface area contributed by atoms with Gasteiger partial charge in [0.2, 0.25) is 5.91 Å². The molecule has 1 rings (SSSR count). The van der Waals surface area contributed by atoms with Gasteiger partial charge in [-0.1, -0.05) is 27.2 Å². The Bertz CT molecular complexity index is 242. The van der Waals surface area contributed by atoms with Crippen LogP contribution in [0.4, 0.5) is 0 Å². The zero-order valence-corrected chi connectivity index (χ0v) is 11.3. The Balaban J connectivity index is 2.22. The smallest absolute Gasteiger partial charge is 0.237 e. The lowest BCUT2D eigenvalue weighted by Gasteiger charge is -2.25. The van der Waals surface area contributed by atoms with E-state index in [1.54, 1.807) is 0 Å². The summed E-state index contributed by atoms with van der Waals surface area (Å²) < 4.78 is 0. The van der Waals surface area contributed by atoms with Gasteiger partial charge in [0.1, 0.15) is 0 Å². The summed E-state index contributed by atoms with van der Waals surface area (Å²) in [6, 6.07) is -0.0643. The number of nitrogens with one attached hydrogen (secondary N) is 2. The first kappa shape index (κ1) is 14.5. The Morgan fingerprint density at radius 2 is 2.18 bits per heavy atom. The Labute approximate surface area is 104 Å². The maximum Gasteiger partial charge on any atom is 0.237 e. The monoisotopic (exact) mass is 242 g/mol. The number of aliphatic hydroxyl groups is 1. The second-order valence-electron chi connectivity index (χ2n) is 6.17. The molecule has 0 bridgehead atoms. The summed E-state index contributed by atoms with van der Waals surface area (Å²) in [4.78, 5) is 11.8. The molecule has 1 heterocycles. The van der Waals surface area contributed by atoms with Crippen molar-refractivity contribution in [3.05, 3.63) is 0 Å². The standard InChI is InChI=1S/C13H26N2O2/c1-13(2,3)8-10(16)9-15-12(17)11-6-4-5-7-14-11/h10-11,14,16H,4-9H2,1-3H3,(H,15,17). The predicted octanol–water partition coefficient (Wildman–Crippen LogP) is 1.04. The lowest BCUT2D eigenvalue weighted by atomic mass is 9.89. The van der Waals surface area contributed by atoms with Gasteiger partial charge in [0.25, 0.3) is 0 Å². The molecule has 4 nitrogen and oxygen atoms in total. The molecule has 4 heteroatoms. The fraction of sp³-hybridized carbons (Fsp3) is 0.923. The molecular formula is C13H26N2O2. The molecule has 1 aliphatic rings. The molecule has 0 aromatic heterocycles. The summed E-state index contributed by atoms with van der Waals surface area (Å²) in [6.45, 7) is 7.53. The SMILES string of the molecule is CC(C)(C)CC(O)CNC(=O)C1CCCCN1. The van der Waals surface area contributed by atoms with E-state index in [9.17, 15) is 9.90 Å². The number of hydrogen-bond acceptors (Lipinski definition) is 3. The fourth-order valence-electron chi connectivity index (χ4n) is 2.20. The van der Waals surface area contributed by atoms with Crippen molar-refractivity contribution < 1.29 is 9.90 Å². The quantitative estimate of drug-likeness (QED) is 0.690. The van der Waals surface area contributed by atoms with Crippen LogP contribution in [0.2, 0.25) is 0 Å². The van der Waals surface area contributed by atoms with Crippen LogP contribution in [-0.2, 0) is 4.79 Å². The fourth-order valence-corrected chi connectivity index (χ4v) is 2.20. The largest absolute Gasteiger partial charge is 0.391 e. The second kappa shape index (κ2) is 6.36. The maximum absolute atomic E-state index is 11.8. The second-order valence-corrected chi connectivity index (χ2v) is 6.17. The summed E-state index contributed by atoms with van der Waals surface area (Å²) in [6.07, 6.45) is 3.40. The Kier molecular flexibility index (Phi) is 5.40. The Morgan fingerprint density at radius 3 is 2.71 bits per heavy atom. The maximum atomic E-state index is 11.8. The minimum Gasteiger partial charge on any atom is -0.391 e. The van der Waals surface area contributed by atoms with Crippen LogP contribution in [0, 0.1) is 5.41 Å². The highest BCUT2D eigenvalue weighted by Gasteiger charge is 2.22. The Hall–Kier alpha value is -0.610. The van der Waals surface area contributed by atoms with Crippen molar-refractivity contribution in [2.75, 3.05) is 13.1 Å². The third-order valence-corrected chi connectivity index (χ3v) is 2.99. The number of hydrogen-bond donors (Lipinski definition) is 3. The molecule has 17 heavy (non-hydrogen) atoms. The number of carbonyl (C=O) groups is 1. The molecule has 3 N–H and O–H groups in total. The van der Waals surface area contributed by atoms with E-state index in [0.717, 1.165) is 25.8 Å². The highest BCUT2D eigenvalue weighted by atomic mass is 16.3. The lowest BCUT2D eigenvalue weighted by molar-refractivity contribution is -0.124. The molecule has 0 saturated carbocycles. The van der Waals surface area contributed by atoms with Gasteiger partial charge < -0.3 is 15.7 Å². The van der Waals surface area contributed by atoms with Gasteiger partial charge in [0, 0.05) is 6.54 Å². The van der Waals surface area contributed by atoms with E-state index in [0.29, 0.717) is 13.0 Å². The number of piperidine rings is 1. The van der Waals surface area contributed by atoms with Crippen LogP contribution < -0.4 is 10.6 Å². The molecule has 0 aromatic rings. The van der Waals surface area contributed by atoms with Crippen LogP contribution in [0.1, 0.15) is 46.5 Å². The van der Waals surface area contributed by atoms with Crippen LogP contribution in [0.5, 0.6) is 0 Å². The van der Waals surface area contributed by atoms with Gasteiger partial charge in [-0.3, -0.25) is 4.79 Å². The third-order valence-electron chi connectivity index (χ3n) is 2.99. The van der Waals surface area contributed by atoms with Gasteiger partial charge in [-0.25, -0.2) is 0 Å². The number of aliphatic hydroxyl groups excluding tert-OH is 1. The summed E-state index contributed by atoms with van der Waals surface area (Å²) in [5.74, 6) is 0.0256. The summed E-state index contributed by atoms with van der Waals surface area (Å²) in [5.41, 5.74) is 0.0905. The van der Waals surface area contributed by atoms with E-state index in [1.807, 2.05) is 0 Å². The van der Waals surface area contributed by atoms with E-state index in [2.05, 4.69) is 31.4 Å². The summed E-state index contributed by atoms with van der Waals surface area (Å²) >= 11 is 0. The van der Waals surface area contributed by atoms with Crippen molar-refractivity contribution >= 4 is 5.91 Å². The van der Waals surface area contributed by atoms with E-state index in [1.165, 1.54) is 0 Å². The molecule has 2 unspecified atom stereocenters. The Morgan fingerprint density at radius 1 is 1.47 bits per heavy atom. The van der Waals surface area contributed by atoms with Crippen molar-refractivity contribution in [1.82, 2.24) is 10.6 Å². The third kappa shape index (κ3) is 6.03. The summed E-state index contributed by atoms with van der Waals surface area (Å²) in [7, 11) is 0. The average Bonchev–Trinajstić information content (AvgIpc) is 2.25.